The Kier molecular flexibility index (Phi) is 3.89. The van der Waals surface area contributed by atoms with Crippen LogP contribution in [0.1, 0.15) is 25.0 Å². The molecular weight excluding hydrogens is 306 g/mol. The third-order valence-electron chi connectivity index (χ3n) is 3.11. The summed E-state index contributed by atoms with van der Waals surface area (Å²) in [4.78, 5) is 0.776. The predicted molar refractivity (Wildman–Crippen MR) is 68.6 cm³/mol. The van der Waals surface area contributed by atoms with E-state index in [1.54, 1.807) is 6.92 Å². The molecule has 96 valence electrons. The molecule has 1 heterocycles. The Morgan fingerprint density at radius 1 is 1.59 bits per heavy atom. The molecule has 5 nitrogen and oxygen atoms in total. The number of H-pyrrole nitrogens is 1. The summed E-state index contributed by atoms with van der Waals surface area (Å²) in [5.74, 6) is 0.432. The summed E-state index contributed by atoms with van der Waals surface area (Å²) < 4.78 is 26.6. The van der Waals surface area contributed by atoms with Crippen LogP contribution in [0, 0.1) is 12.8 Å². The largest absolute Gasteiger partial charge is 0.281 e. The van der Waals surface area contributed by atoms with Gasteiger partial charge in [0.25, 0.3) is 0 Å². The number of aromatic amines is 1. The Balaban J connectivity index is 1.97. The van der Waals surface area contributed by atoms with Crippen molar-refractivity contribution in [2.24, 2.45) is 5.92 Å². The van der Waals surface area contributed by atoms with Crippen LogP contribution in [-0.4, -0.2) is 30.0 Å². The van der Waals surface area contributed by atoms with E-state index in [0.29, 0.717) is 23.0 Å². The molecule has 0 amide bonds. The number of rotatable bonds is 4. The highest BCUT2D eigenvalue weighted by Crippen LogP contribution is 2.30. The Morgan fingerprint density at radius 3 is 2.88 bits per heavy atom. The van der Waals surface area contributed by atoms with Gasteiger partial charge in [-0.25, -0.2) is 13.1 Å². The standard InChI is InChI=1S/C10H16BrN3O2S/c1-7-10(6-12-14-7)17(15,16)13-5-8-2-3-9(11)4-8/h6,8-9,13H,2-5H2,1H3,(H,12,14). The summed E-state index contributed by atoms with van der Waals surface area (Å²) in [5.41, 5.74) is 0.572. The number of alkyl halides is 1. The highest BCUT2D eigenvalue weighted by atomic mass is 79.9. The Hall–Kier alpha value is -0.400. The smallest absolute Gasteiger partial charge is 0.243 e. The molecule has 7 heteroatoms. The fourth-order valence-corrected chi connectivity index (χ4v) is 4.16. The third kappa shape index (κ3) is 3.08. The Bertz CT molecular complexity index is 485. The molecule has 1 aliphatic carbocycles. The van der Waals surface area contributed by atoms with E-state index in [2.05, 4.69) is 30.8 Å². The number of halogens is 1. The van der Waals surface area contributed by atoms with Crippen LogP contribution < -0.4 is 4.72 Å². The van der Waals surface area contributed by atoms with Gasteiger partial charge in [-0.05, 0) is 32.1 Å². The quantitative estimate of drug-likeness (QED) is 0.826. The number of aromatic nitrogens is 2. The summed E-state index contributed by atoms with van der Waals surface area (Å²) in [6.45, 7) is 2.21. The van der Waals surface area contributed by atoms with E-state index in [9.17, 15) is 8.42 Å². The van der Waals surface area contributed by atoms with Crippen molar-refractivity contribution in [2.75, 3.05) is 6.54 Å². The van der Waals surface area contributed by atoms with Crippen molar-refractivity contribution < 1.29 is 8.42 Å². The third-order valence-corrected chi connectivity index (χ3v) is 5.48. The SMILES string of the molecule is Cc1[nH]ncc1S(=O)(=O)NCC1CCC(Br)C1. The molecule has 1 aromatic heterocycles. The van der Waals surface area contributed by atoms with Crippen LogP contribution >= 0.6 is 15.9 Å². The van der Waals surface area contributed by atoms with E-state index >= 15 is 0 Å². The first-order valence-electron chi connectivity index (χ1n) is 5.63. The van der Waals surface area contributed by atoms with Gasteiger partial charge in [0, 0.05) is 11.4 Å². The van der Waals surface area contributed by atoms with Gasteiger partial charge in [-0.3, -0.25) is 5.10 Å². The molecule has 2 unspecified atom stereocenters. The van der Waals surface area contributed by atoms with Crippen molar-refractivity contribution in [3.63, 3.8) is 0 Å². The van der Waals surface area contributed by atoms with Gasteiger partial charge >= 0.3 is 0 Å². The fraction of sp³-hybridized carbons (Fsp3) is 0.700. The lowest BCUT2D eigenvalue weighted by Crippen LogP contribution is -2.28. The second-order valence-electron chi connectivity index (χ2n) is 4.49. The number of sulfonamides is 1. The monoisotopic (exact) mass is 321 g/mol. The second-order valence-corrected chi connectivity index (χ2v) is 7.52. The first kappa shape index (κ1) is 13.0. The van der Waals surface area contributed by atoms with E-state index < -0.39 is 10.0 Å². The van der Waals surface area contributed by atoms with Crippen molar-refractivity contribution >= 4 is 26.0 Å². The topological polar surface area (TPSA) is 74.8 Å². The highest BCUT2D eigenvalue weighted by molar-refractivity contribution is 9.09. The molecule has 0 aromatic carbocycles. The lowest BCUT2D eigenvalue weighted by Gasteiger charge is -2.10. The molecule has 2 atom stereocenters. The molecule has 0 bridgehead atoms. The van der Waals surface area contributed by atoms with Crippen molar-refractivity contribution in [3.05, 3.63) is 11.9 Å². The molecule has 1 aliphatic rings. The number of hydrogen-bond donors (Lipinski definition) is 2. The fourth-order valence-electron chi connectivity index (χ4n) is 2.12. The Morgan fingerprint density at radius 2 is 2.35 bits per heavy atom. The van der Waals surface area contributed by atoms with Gasteiger partial charge in [-0.2, -0.15) is 5.10 Å². The molecular formula is C10H16BrN3O2S. The molecule has 0 radical (unpaired) electrons. The van der Waals surface area contributed by atoms with E-state index in [0.717, 1.165) is 19.3 Å². The lowest BCUT2D eigenvalue weighted by molar-refractivity contribution is 0.520. The molecule has 1 saturated carbocycles. The molecule has 2 rings (SSSR count). The van der Waals surface area contributed by atoms with E-state index in [1.165, 1.54) is 6.20 Å². The van der Waals surface area contributed by atoms with E-state index in [-0.39, 0.29) is 4.90 Å². The number of hydrogen-bond acceptors (Lipinski definition) is 3. The average molecular weight is 322 g/mol. The maximum Gasteiger partial charge on any atom is 0.243 e. The van der Waals surface area contributed by atoms with Crippen LogP contribution in [0.25, 0.3) is 0 Å². The molecule has 17 heavy (non-hydrogen) atoms. The average Bonchev–Trinajstić information content (AvgIpc) is 2.85. The molecule has 0 spiro atoms. The second kappa shape index (κ2) is 5.07. The van der Waals surface area contributed by atoms with Gasteiger partial charge in [-0.1, -0.05) is 15.9 Å². The van der Waals surface area contributed by atoms with Gasteiger partial charge in [0.15, 0.2) is 0 Å². The minimum absolute atomic E-state index is 0.242. The minimum atomic E-state index is -3.41. The summed E-state index contributed by atoms with van der Waals surface area (Å²) in [5, 5.41) is 6.36. The number of aryl methyl sites for hydroxylation is 1. The van der Waals surface area contributed by atoms with Crippen molar-refractivity contribution in [3.8, 4) is 0 Å². The molecule has 2 N–H and O–H groups in total. The predicted octanol–water partition coefficient (Wildman–Crippen LogP) is 1.56. The van der Waals surface area contributed by atoms with Gasteiger partial charge < -0.3 is 0 Å². The summed E-state index contributed by atoms with van der Waals surface area (Å²) in [7, 11) is -3.41. The maximum absolute atomic E-state index is 12.0. The van der Waals surface area contributed by atoms with E-state index in [1.807, 2.05) is 0 Å². The van der Waals surface area contributed by atoms with Gasteiger partial charge in [0.1, 0.15) is 4.90 Å². The minimum Gasteiger partial charge on any atom is -0.281 e. The van der Waals surface area contributed by atoms with Crippen LogP contribution in [0.4, 0.5) is 0 Å². The maximum atomic E-state index is 12.0. The van der Waals surface area contributed by atoms with Gasteiger partial charge in [0.05, 0.1) is 11.9 Å². The van der Waals surface area contributed by atoms with Crippen LogP contribution in [0.5, 0.6) is 0 Å². The van der Waals surface area contributed by atoms with Gasteiger partial charge in [0.2, 0.25) is 10.0 Å². The van der Waals surface area contributed by atoms with Crippen LogP contribution in [0.2, 0.25) is 0 Å². The zero-order chi connectivity index (χ0) is 12.5. The van der Waals surface area contributed by atoms with Crippen molar-refractivity contribution in [2.45, 2.75) is 35.9 Å². The number of nitrogens with one attached hydrogen (secondary N) is 2. The highest BCUT2D eigenvalue weighted by Gasteiger charge is 2.25. The van der Waals surface area contributed by atoms with Crippen molar-refractivity contribution in [1.29, 1.82) is 0 Å². The summed E-state index contributed by atoms with van der Waals surface area (Å²) in [6, 6.07) is 0. The van der Waals surface area contributed by atoms with Crippen LogP contribution in [0.3, 0.4) is 0 Å². The number of nitrogens with zero attached hydrogens (tertiary/aromatic N) is 1. The van der Waals surface area contributed by atoms with Crippen LogP contribution in [0.15, 0.2) is 11.1 Å². The molecule has 0 aliphatic heterocycles. The summed E-state index contributed by atoms with van der Waals surface area (Å²) in [6.07, 6.45) is 4.58. The molecule has 1 aromatic rings. The lowest BCUT2D eigenvalue weighted by atomic mass is 10.1. The normalized spacial score (nSPS) is 25.3. The molecule has 1 fully saturated rings. The van der Waals surface area contributed by atoms with Gasteiger partial charge in [-0.15, -0.1) is 0 Å². The molecule has 0 saturated heterocycles. The first-order chi connectivity index (χ1) is 7.99. The zero-order valence-electron chi connectivity index (χ0n) is 9.61. The van der Waals surface area contributed by atoms with E-state index in [4.69, 9.17) is 0 Å². The first-order valence-corrected chi connectivity index (χ1v) is 8.02. The van der Waals surface area contributed by atoms with Crippen molar-refractivity contribution in [1.82, 2.24) is 14.9 Å². The summed E-state index contributed by atoms with van der Waals surface area (Å²) >= 11 is 3.56. The van der Waals surface area contributed by atoms with Crippen LogP contribution in [-0.2, 0) is 10.0 Å². The zero-order valence-corrected chi connectivity index (χ0v) is 12.0. The Labute approximate surface area is 110 Å².